The summed E-state index contributed by atoms with van der Waals surface area (Å²) in [5, 5.41) is 11.9. The number of hydrogen-bond donors (Lipinski definition) is 1. The largest absolute Gasteiger partial charge is 0.493 e. The van der Waals surface area contributed by atoms with Gasteiger partial charge in [0.25, 0.3) is 11.8 Å². The van der Waals surface area contributed by atoms with Crippen LogP contribution in [-0.4, -0.2) is 46.0 Å². The molecular weight excluding hydrogens is 428 g/mol. The second kappa shape index (κ2) is 9.27. The molecule has 9 heteroatoms. The lowest BCUT2D eigenvalue weighted by atomic mass is 10.1. The van der Waals surface area contributed by atoms with Gasteiger partial charge in [-0.1, -0.05) is 35.6 Å². The third-order valence-electron chi connectivity index (χ3n) is 5.07. The van der Waals surface area contributed by atoms with Gasteiger partial charge in [0.2, 0.25) is 11.0 Å². The lowest BCUT2D eigenvalue weighted by Crippen LogP contribution is -2.32. The zero-order chi connectivity index (χ0) is 22.7. The molecule has 3 aromatic rings. The average Bonchev–Trinajstić information content (AvgIpc) is 3.32. The highest BCUT2D eigenvalue weighted by molar-refractivity contribution is 7.15. The Morgan fingerprint density at radius 2 is 1.78 bits per heavy atom. The van der Waals surface area contributed by atoms with Gasteiger partial charge in [-0.15, -0.1) is 10.2 Å². The average molecular weight is 451 g/mol. The Morgan fingerprint density at radius 1 is 1.06 bits per heavy atom. The highest BCUT2D eigenvalue weighted by Crippen LogP contribution is 2.23. The van der Waals surface area contributed by atoms with Gasteiger partial charge >= 0.3 is 0 Å². The molecule has 1 N–H and O–H groups in total. The zero-order valence-corrected chi connectivity index (χ0v) is 18.6. The number of aromatic nitrogens is 2. The van der Waals surface area contributed by atoms with Gasteiger partial charge in [0.1, 0.15) is 10.8 Å². The van der Waals surface area contributed by atoms with Crippen molar-refractivity contribution in [1.29, 1.82) is 0 Å². The van der Waals surface area contributed by atoms with Crippen LogP contribution in [0.4, 0.5) is 5.13 Å². The quantitative estimate of drug-likeness (QED) is 0.528. The minimum absolute atomic E-state index is 0.00746. The Balaban J connectivity index is 1.25. The summed E-state index contributed by atoms with van der Waals surface area (Å²) >= 11 is 1.27. The molecular formula is C23H22N4O4S. The molecule has 0 spiro atoms. The van der Waals surface area contributed by atoms with E-state index >= 15 is 0 Å². The van der Waals surface area contributed by atoms with E-state index in [1.165, 1.54) is 11.3 Å². The van der Waals surface area contributed by atoms with Crippen LogP contribution in [0, 0.1) is 13.8 Å². The van der Waals surface area contributed by atoms with Crippen molar-refractivity contribution < 1.29 is 19.1 Å². The van der Waals surface area contributed by atoms with E-state index < -0.39 is 0 Å². The summed E-state index contributed by atoms with van der Waals surface area (Å²) < 4.78 is 5.84. The molecule has 0 bridgehead atoms. The fraction of sp³-hybridized carbons (Fsp3) is 0.261. The van der Waals surface area contributed by atoms with Crippen LogP contribution in [-0.2, 0) is 11.2 Å². The van der Waals surface area contributed by atoms with Gasteiger partial charge in [-0.25, -0.2) is 0 Å². The van der Waals surface area contributed by atoms with Gasteiger partial charge in [-0.3, -0.25) is 19.3 Å². The van der Waals surface area contributed by atoms with Gasteiger partial charge in [-0.05, 0) is 43.2 Å². The topological polar surface area (TPSA) is 101 Å². The summed E-state index contributed by atoms with van der Waals surface area (Å²) in [6, 6.07) is 12.7. The second-order valence-corrected chi connectivity index (χ2v) is 8.54. The number of amides is 3. The minimum atomic E-state index is -0.375. The van der Waals surface area contributed by atoms with Crippen molar-refractivity contribution in [1.82, 2.24) is 15.1 Å². The SMILES string of the molecule is Cc1ccc(C)c(OCCc2nnc(NC(=O)CCN3C(=O)c4ccccc4C3=O)s2)c1. The van der Waals surface area contributed by atoms with E-state index in [0.29, 0.717) is 29.3 Å². The van der Waals surface area contributed by atoms with Crippen LogP contribution in [0.1, 0.15) is 43.3 Å². The van der Waals surface area contributed by atoms with Gasteiger partial charge in [-0.2, -0.15) is 0 Å². The van der Waals surface area contributed by atoms with Crippen LogP contribution >= 0.6 is 11.3 Å². The number of fused-ring (bicyclic) bond motifs is 1. The molecule has 0 fully saturated rings. The first kappa shape index (κ1) is 21.6. The summed E-state index contributed by atoms with van der Waals surface area (Å²) in [7, 11) is 0. The number of nitrogens with zero attached hydrogens (tertiary/aromatic N) is 3. The van der Waals surface area contributed by atoms with Crippen LogP contribution in [0.15, 0.2) is 42.5 Å². The summed E-state index contributed by atoms with van der Waals surface area (Å²) in [6.45, 7) is 4.47. The molecule has 0 aliphatic carbocycles. The minimum Gasteiger partial charge on any atom is -0.493 e. The molecule has 0 unspecified atom stereocenters. The van der Waals surface area contributed by atoms with Gasteiger partial charge in [0.05, 0.1) is 17.7 Å². The van der Waals surface area contributed by atoms with Crippen LogP contribution in [0.25, 0.3) is 0 Å². The first-order valence-electron chi connectivity index (χ1n) is 10.2. The normalized spacial score (nSPS) is 12.8. The molecule has 3 amide bonds. The molecule has 0 saturated heterocycles. The number of hydrogen-bond acceptors (Lipinski definition) is 7. The Hall–Kier alpha value is -3.59. The number of carbonyl (C=O) groups excluding carboxylic acids is 3. The maximum Gasteiger partial charge on any atom is 0.261 e. The molecule has 2 heterocycles. The number of nitrogens with one attached hydrogen (secondary N) is 1. The van der Waals surface area contributed by atoms with Crippen molar-refractivity contribution in [3.8, 4) is 5.75 Å². The molecule has 0 radical (unpaired) electrons. The Morgan fingerprint density at radius 3 is 2.50 bits per heavy atom. The molecule has 1 aliphatic rings. The van der Waals surface area contributed by atoms with E-state index in [1.807, 2.05) is 32.0 Å². The van der Waals surface area contributed by atoms with E-state index in [0.717, 1.165) is 26.8 Å². The lowest BCUT2D eigenvalue weighted by molar-refractivity contribution is -0.116. The second-order valence-electron chi connectivity index (χ2n) is 7.47. The molecule has 0 saturated carbocycles. The van der Waals surface area contributed by atoms with Crippen molar-refractivity contribution in [3.63, 3.8) is 0 Å². The summed E-state index contributed by atoms with van der Waals surface area (Å²) in [6.07, 6.45) is 0.548. The molecule has 4 rings (SSSR count). The maximum atomic E-state index is 12.4. The van der Waals surface area contributed by atoms with Crippen LogP contribution in [0.2, 0.25) is 0 Å². The Kier molecular flexibility index (Phi) is 6.27. The Labute approximate surface area is 189 Å². The van der Waals surface area contributed by atoms with E-state index in [2.05, 4.69) is 15.5 Å². The maximum absolute atomic E-state index is 12.4. The lowest BCUT2D eigenvalue weighted by Gasteiger charge is -2.12. The number of carbonyl (C=O) groups is 3. The number of anilines is 1. The predicted molar refractivity (Wildman–Crippen MR) is 120 cm³/mol. The molecule has 1 aromatic heterocycles. The fourth-order valence-corrected chi connectivity index (χ4v) is 4.09. The highest BCUT2D eigenvalue weighted by Gasteiger charge is 2.35. The highest BCUT2D eigenvalue weighted by atomic mass is 32.1. The van der Waals surface area contributed by atoms with E-state index in [9.17, 15) is 14.4 Å². The molecule has 8 nitrogen and oxygen atoms in total. The van der Waals surface area contributed by atoms with Crippen molar-refractivity contribution in [3.05, 3.63) is 69.7 Å². The first-order chi connectivity index (χ1) is 15.4. The van der Waals surface area contributed by atoms with Crippen LogP contribution in [0.3, 0.4) is 0 Å². The van der Waals surface area contributed by atoms with Crippen LogP contribution in [0.5, 0.6) is 5.75 Å². The van der Waals surface area contributed by atoms with E-state index in [4.69, 9.17) is 4.74 Å². The van der Waals surface area contributed by atoms with Gasteiger partial charge in [0, 0.05) is 19.4 Å². The van der Waals surface area contributed by atoms with Crippen molar-refractivity contribution >= 4 is 34.2 Å². The molecule has 0 atom stereocenters. The Bertz CT molecular complexity index is 1160. The van der Waals surface area contributed by atoms with Crippen molar-refractivity contribution in [2.45, 2.75) is 26.7 Å². The van der Waals surface area contributed by atoms with Gasteiger partial charge < -0.3 is 10.1 Å². The summed E-state index contributed by atoms with van der Waals surface area (Å²) in [4.78, 5) is 38.1. The summed E-state index contributed by atoms with van der Waals surface area (Å²) in [5.74, 6) is -0.243. The summed E-state index contributed by atoms with van der Waals surface area (Å²) in [5.41, 5.74) is 2.94. The predicted octanol–water partition coefficient (Wildman–Crippen LogP) is 3.40. The number of imide groups is 1. The standard InChI is InChI=1S/C23H22N4O4S/c1-14-7-8-15(2)18(13-14)31-12-10-20-25-26-23(32-20)24-19(28)9-11-27-21(29)16-5-3-4-6-17(16)22(27)30/h3-8,13H,9-12H2,1-2H3,(H,24,26,28). The smallest absolute Gasteiger partial charge is 0.261 e. The van der Waals surface area contributed by atoms with Crippen molar-refractivity contribution in [2.24, 2.45) is 0 Å². The molecule has 1 aliphatic heterocycles. The molecule has 164 valence electrons. The zero-order valence-electron chi connectivity index (χ0n) is 17.8. The monoisotopic (exact) mass is 450 g/mol. The van der Waals surface area contributed by atoms with Crippen molar-refractivity contribution in [2.75, 3.05) is 18.5 Å². The van der Waals surface area contributed by atoms with E-state index in [1.54, 1.807) is 24.3 Å². The number of ether oxygens (including phenoxy) is 1. The van der Waals surface area contributed by atoms with Gasteiger partial charge in [0.15, 0.2) is 0 Å². The first-order valence-corrected chi connectivity index (χ1v) is 11.0. The fourth-order valence-electron chi connectivity index (χ4n) is 3.35. The number of aryl methyl sites for hydroxylation is 2. The number of benzene rings is 2. The third-order valence-corrected chi connectivity index (χ3v) is 5.97. The van der Waals surface area contributed by atoms with E-state index in [-0.39, 0.29) is 30.7 Å². The molecule has 32 heavy (non-hydrogen) atoms. The number of rotatable bonds is 8. The van der Waals surface area contributed by atoms with Crippen LogP contribution < -0.4 is 10.1 Å². The molecule has 2 aromatic carbocycles. The third kappa shape index (κ3) is 4.67.